The van der Waals surface area contributed by atoms with Crippen molar-refractivity contribution in [3.63, 3.8) is 0 Å². The van der Waals surface area contributed by atoms with Crippen LogP contribution in [0.2, 0.25) is 5.02 Å². The zero-order valence-electron chi connectivity index (χ0n) is 14.7. The number of halogens is 1. The second-order valence-corrected chi connectivity index (χ2v) is 6.50. The van der Waals surface area contributed by atoms with Crippen LogP contribution < -0.4 is 5.43 Å². The molecular weight excluding hydrogens is 372 g/mol. The van der Waals surface area contributed by atoms with E-state index in [2.05, 4.69) is 20.5 Å². The molecule has 2 heterocycles. The summed E-state index contributed by atoms with van der Waals surface area (Å²) < 4.78 is 0. The zero-order chi connectivity index (χ0) is 19.3. The lowest BCUT2D eigenvalue weighted by Gasteiger charge is -2.08. The van der Waals surface area contributed by atoms with Gasteiger partial charge in [-0.25, -0.2) is 10.4 Å². The van der Waals surface area contributed by atoms with Crippen molar-refractivity contribution in [1.82, 2.24) is 15.4 Å². The van der Waals surface area contributed by atoms with Crippen LogP contribution in [-0.2, 0) is 0 Å². The fourth-order valence-electron chi connectivity index (χ4n) is 2.84. The van der Waals surface area contributed by atoms with Gasteiger partial charge in [0.15, 0.2) is 0 Å². The summed E-state index contributed by atoms with van der Waals surface area (Å²) in [6.07, 6.45) is 4.97. The van der Waals surface area contributed by atoms with Crippen molar-refractivity contribution < 1.29 is 4.79 Å². The molecule has 0 aliphatic rings. The summed E-state index contributed by atoms with van der Waals surface area (Å²) in [5.74, 6) is -0.318. The molecule has 2 aromatic heterocycles. The Balaban J connectivity index is 1.67. The highest BCUT2D eigenvalue weighted by Gasteiger charge is 2.13. The maximum Gasteiger partial charge on any atom is 0.272 e. The summed E-state index contributed by atoms with van der Waals surface area (Å²) in [7, 11) is 0. The van der Waals surface area contributed by atoms with Gasteiger partial charge in [0, 0.05) is 28.4 Å². The summed E-state index contributed by atoms with van der Waals surface area (Å²) in [4.78, 5) is 21.6. The largest absolute Gasteiger partial charge is 0.272 e. The van der Waals surface area contributed by atoms with E-state index >= 15 is 0 Å². The molecular formula is C22H15ClN4O. The molecule has 1 amide bonds. The van der Waals surface area contributed by atoms with E-state index in [1.807, 2.05) is 48.5 Å². The number of hydrogen-bond donors (Lipinski definition) is 1. The smallest absolute Gasteiger partial charge is 0.267 e. The van der Waals surface area contributed by atoms with Crippen molar-refractivity contribution in [2.75, 3.05) is 0 Å². The predicted molar refractivity (Wildman–Crippen MR) is 111 cm³/mol. The van der Waals surface area contributed by atoms with Crippen LogP contribution >= 0.6 is 11.6 Å². The number of benzene rings is 2. The summed E-state index contributed by atoms with van der Waals surface area (Å²) >= 11 is 5.96. The number of para-hydroxylation sites is 1. The first kappa shape index (κ1) is 17.8. The van der Waals surface area contributed by atoms with Gasteiger partial charge in [0.25, 0.3) is 5.91 Å². The molecule has 0 spiro atoms. The standard InChI is InChI=1S/C22H15ClN4O/c23-17-7-3-5-15(11-17)13-25-27-22(28)19-12-21(16-6-4-10-24-14-16)26-20-9-2-1-8-18(19)20/h1-14H,(H,27,28)/b25-13-. The van der Waals surface area contributed by atoms with Crippen molar-refractivity contribution in [2.24, 2.45) is 5.10 Å². The third-order valence-corrected chi connectivity index (χ3v) is 4.38. The van der Waals surface area contributed by atoms with E-state index in [0.717, 1.165) is 22.0 Å². The van der Waals surface area contributed by atoms with Crippen LogP contribution in [-0.4, -0.2) is 22.1 Å². The number of carbonyl (C=O) groups excluding carboxylic acids is 1. The maximum absolute atomic E-state index is 12.8. The van der Waals surface area contributed by atoms with Gasteiger partial charge in [-0.2, -0.15) is 5.10 Å². The molecule has 2 aromatic carbocycles. The summed E-state index contributed by atoms with van der Waals surface area (Å²) in [5.41, 5.74) is 6.11. The highest BCUT2D eigenvalue weighted by atomic mass is 35.5. The van der Waals surface area contributed by atoms with Crippen molar-refractivity contribution >= 4 is 34.6 Å². The number of carbonyl (C=O) groups is 1. The molecule has 4 rings (SSSR count). The van der Waals surface area contributed by atoms with Crippen molar-refractivity contribution in [3.8, 4) is 11.3 Å². The third kappa shape index (κ3) is 3.89. The molecule has 0 saturated heterocycles. The van der Waals surface area contributed by atoms with E-state index in [0.29, 0.717) is 16.3 Å². The van der Waals surface area contributed by atoms with Crippen LogP contribution in [0.15, 0.2) is 84.2 Å². The van der Waals surface area contributed by atoms with E-state index < -0.39 is 0 Å². The maximum atomic E-state index is 12.8. The van der Waals surface area contributed by atoms with E-state index in [-0.39, 0.29) is 5.91 Å². The van der Waals surface area contributed by atoms with E-state index in [4.69, 9.17) is 11.6 Å². The van der Waals surface area contributed by atoms with E-state index in [1.165, 1.54) is 0 Å². The molecule has 0 atom stereocenters. The number of aromatic nitrogens is 2. The monoisotopic (exact) mass is 386 g/mol. The molecule has 0 fully saturated rings. The fourth-order valence-corrected chi connectivity index (χ4v) is 3.04. The van der Waals surface area contributed by atoms with Crippen molar-refractivity contribution in [2.45, 2.75) is 0 Å². The third-order valence-electron chi connectivity index (χ3n) is 4.15. The Kier molecular flexibility index (Phi) is 5.08. The van der Waals surface area contributed by atoms with Crippen LogP contribution in [0, 0.1) is 0 Å². The molecule has 5 nitrogen and oxygen atoms in total. The Hall–Kier alpha value is -3.57. The molecule has 0 aliphatic carbocycles. The van der Waals surface area contributed by atoms with Crippen molar-refractivity contribution in [1.29, 1.82) is 0 Å². The SMILES string of the molecule is O=C(N/N=C\c1cccc(Cl)c1)c1cc(-c2cccnc2)nc2ccccc12. The number of hydrogen-bond acceptors (Lipinski definition) is 4. The number of amides is 1. The van der Waals surface area contributed by atoms with Gasteiger partial charge < -0.3 is 0 Å². The second-order valence-electron chi connectivity index (χ2n) is 6.07. The highest BCUT2D eigenvalue weighted by molar-refractivity contribution is 6.30. The quantitative estimate of drug-likeness (QED) is 0.408. The number of hydrazone groups is 1. The molecule has 6 heteroatoms. The topological polar surface area (TPSA) is 67.2 Å². The molecule has 28 heavy (non-hydrogen) atoms. The minimum absolute atomic E-state index is 0.318. The molecule has 0 unspecified atom stereocenters. The first-order chi connectivity index (χ1) is 13.7. The Morgan fingerprint density at radius 1 is 1.04 bits per heavy atom. The Bertz CT molecular complexity index is 1180. The van der Waals surface area contributed by atoms with Crippen LogP contribution in [0.3, 0.4) is 0 Å². The van der Waals surface area contributed by atoms with Crippen LogP contribution in [0.5, 0.6) is 0 Å². The summed E-state index contributed by atoms with van der Waals surface area (Å²) in [6, 6.07) is 20.2. The van der Waals surface area contributed by atoms with Gasteiger partial charge in [0.05, 0.1) is 23.0 Å². The molecule has 0 radical (unpaired) electrons. The minimum Gasteiger partial charge on any atom is -0.267 e. The minimum atomic E-state index is -0.318. The Morgan fingerprint density at radius 3 is 2.75 bits per heavy atom. The number of pyridine rings is 2. The summed E-state index contributed by atoms with van der Waals surface area (Å²) in [5, 5.41) is 5.42. The lowest BCUT2D eigenvalue weighted by molar-refractivity contribution is 0.0957. The lowest BCUT2D eigenvalue weighted by Crippen LogP contribution is -2.18. The van der Waals surface area contributed by atoms with Crippen LogP contribution in [0.4, 0.5) is 0 Å². The highest BCUT2D eigenvalue weighted by Crippen LogP contribution is 2.24. The number of nitrogens with zero attached hydrogens (tertiary/aromatic N) is 3. The van der Waals surface area contributed by atoms with Crippen LogP contribution in [0.1, 0.15) is 15.9 Å². The molecule has 4 aromatic rings. The van der Waals surface area contributed by atoms with Gasteiger partial charge in [-0.1, -0.05) is 41.9 Å². The zero-order valence-corrected chi connectivity index (χ0v) is 15.5. The van der Waals surface area contributed by atoms with Gasteiger partial charge in [0.2, 0.25) is 0 Å². The summed E-state index contributed by atoms with van der Waals surface area (Å²) in [6.45, 7) is 0. The van der Waals surface area contributed by atoms with Gasteiger partial charge in [-0.3, -0.25) is 9.78 Å². The van der Waals surface area contributed by atoms with E-state index in [1.54, 1.807) is 36.8 Å². The Morgan fingerprint density at radius 2 is 1.93 bits per heavy atom. The lowest BCUT2D eigenvalue weighted by atomic mass is 10.0. The molecule has 0 aliphatic heterocycles. The molecule has 0 bridgehead atoms. The van der Waals surface area contributed by atoms with Gasteiger partial charge >= 0.3 is 0 Å². The van der Waals surface area contributed by atoms with Gasteiger partial charge in [-0.05, 0) is 42.0 Å². The second kappa shape index (κ2) is 7.98. The first-order valence-corrected chi connectivity index (χ1v) is 8.98. The number of fused-ring (bicyclic) bond motifs is 1. The Labute approximate surface area is 166 Å². The van der Waals surface area contributed by atoms with Gasteiger partial charge in [0.1, 0.15) is 0 Å². The van der Waals surface area contributed by atoms with Crippen molar-refractivity contribution in [3.05, 3.63) is 95.3 Å². The fraction of sp³-hybridized carbons (Fsp3) is 0. The first-order valence-electron chi connectivity index (χ1n) is 8.60. The number of nitrogens with one attached hydrogen (secondary N) is 1. The number of rotatable bonds is 4. The predicted octanol–water partition coefficient (Wildman–Crippen LogP) is 4.71. The van der Waals surface area contributed by atoms with Crippen LogP contribution in [0.25, 0.3) is 22.2 Å². The average Bonchev–Trinajstić information content (AvgIpc) is 2.73. The molecule has 1 N–H and O–H groups in total. The molecule has 0 saturated carbocycles. The van der Waals surface area contributed by atoms with E-state index in [9.17, 15) is 4.79 Å². The average molecular weight is 387 g/mol. The molecule has 136 valence electrons. The normalized spacial score (nSPS) is 11.0. The van der Waals surface area contributed by atoms with Gasteiger partial charge in [-0.15, -0.1) is 0 Å².